The average molecular weight is 319 g/mol. The van der Waals surface area contributed by atoms with Crippen LogP contribution in [0.2, 0.25) is 0 Å². The van der Waals surface area contributed by atoms with Crippen LogP contribution in [0.5, 0.6) is 0 Å². The summed E-state index contributed by atoms with van der Waals surface area (Å²) in [5, 5.41) is 10.9. The van der Waals surface area contributed by atoms with Crippen molar-refractivity contribution >= 4 is 17.7 Å². The minimum Gasteiger partial charge on any atom is -0.415 e. The van der Waals surface area contributed by atoms with E-state index in [4.69, 9.17) is 4.42 Å². The van der Waals surface area contributed by atoms with Gasteiger partial charge in [0.15, 0.2) is 0 Å². The van der Waals surface area contributed by atoms with Gasteiger partial charge in [-0.05, 0) is 12.0 Å². The topological polar surface area (TPSA) is 68.0 Å². The van der Waals surface area contributed by atoms with Crippen LogP contribution in [0.3, 0.4) is 0 Å². The number of hydrogen-bond acceptors (Lipinski definition) is 5. The number of carbonyl (C=O) groups excluding carboxylic acids is 1. The van der Waals surface area contributed by atoms with Crippen molar-refractivity contribution in [3.8, 4) is 0 Å². The number of nitrogens with one attached hydrogen (secondary N) is 1. The zero-order valence-electron chi connectivity index (χ0n) is 13.3. The Kier molecular flexibility index (Phi) is 5.24. The minimum absolute atomic E-state index is 0.0515. The standard InChI is InChI=1S/C16H21N3O2S/c1-16(2,3)14-18-19-15(21-14)22-12(13(20)17-4)10-11-8-6-5-7-9-11/h5-9,12H,10H2,1-4H3,(H,17,20)/t12-/m1/s1. The molecule has 0 bridgehead atoms. The molecule has 1 N–H and O–H groups in total. The van der Waals surface area contributed by atoms with Gasteiger partial charge in [0.1, 0.15) is 0 Å². The quantitative estimate of drug-likeness (QED) is 0.858. The Morgan fingerprint density at radius 1 is 1.27 bits per heavy atom. The van der Waals surface area contributed by atoms with Crippen molar-refractivity contribution in [3.05, 3.63) is 41.8 Å². The Morgan fingerprint density at radius 2 is 1.95 bits per heavy atom. The summed E-state index contributed by atoms with van der Waals surface area (Å²) in [7, 11) is 1.63. The molecular weight excluding hydrogens is 298 g/mol. The first kappa shape index (κ1) is 16.5. The molecule has 118 valence electrons. The van der Waals surface area contributed by atoms with Crippen LogP contribution in [0.15, 0.2) is 40.0 Å². The third-order valence-corrected chi connectivity index (χ3v) is 4.13. The monoisotopic (exact) mass is 319 g/mol. The molecule has 1 aromatic carbocycles. The van der Waals surface area contributed by atoms with Gasteiger partial charge in [-0.1, -0.05) is 62.9 Å². The van der Waals surface area contributed by atoms with Gasteiger partial charge in [-0.3, -0.25) is 4.79 Å². The molecule has 0 unspecified atom stereocenters. The number of thioether (sulfide) groups is 1. The van der Waals surface area contributed by atoms with Gasteiger partial charge in [0, 0.05) is 12.5 Å². The van der Waals surface area contributed by atoms with E-state index in [1.54, 1.807) is 7.05 Å². The zero-order chi connectivity index (χ0) is 16.2. The molecule has 2 rings (SSSR count). The van der Waals surface area contributed by atoms with Crippen LogP contribution in [0, 0.1) is 0 Å². The molecule has 0 saturated heterocycles. The normalized spacial score (nSPS) is 12.9. The SMILES string of the molecule is CNC(=O)[C@@H](Cc1ccccc1)Sc1nnc(C(C)(C)C)o1. The van der Waals surface area contributed by atoms with Crippen molar-refractivity contribution in [2.75, 3.05) is 7.05 Å². The van der Waals surface area contributed by atoms with Crippen LogP contribution < -0.4 is 5.32 Å². The lowest BCUT2D eigenvalue weighted by molar-refractivity contribution is -0.120. The number of benzene rings is 1. The van der Waals surface area contributed by atoms with Crippen LogP contribution >= 0.6 is 11.8 Å². The summed E-state index contributed by atoms with van der Waals surface area (Å²) < 4.78 is 5.67. The van der Waals surface area contributed by atoms with Crippen molar-refractivity contribution in [1.82, 2.24) is 15.5 Å². The molecule has 1 atom stereocenters. The lowest BCUT2D eigenvalue weighted by Gasteiger charge is -2.13. The summed E-state index contributed by atoms with van der Waals surface area (Å²) in [6.07, 6.45) is 0.610. The molecule has 0 spiro atoms. The molecule has 1 amide bonds. The number of amides is 1. The fraction of sp³-hybridized carbons (Fsp3) is 0.438. The lowest BCUT2D eigenvalue weighted by atomic mass is 9.97. The van der Waals surface area contributed by atoms with Gasteiger partial charge >= 0.3 is 0 Å². The van der Waals surface area contributed by atoms with Crippen molar-refractivity contribution in [2.45, 2.75) is 43.1 Å². The van der Waals surface area contributed by atoms with Crippen molar-refractivity contribution in [1.29, 1.82) is 0 Å². The van der Waals surface area contributed by atoms with E-state index in [9.17, 15) is 4.79 Å². The molecule has 22 heavy (non-hydrogen) atoms. The molecule has 0 fully saturated rings. The Hall–Kier alpha value is -1.82. The van der Waals surface area contributed by atoms with Crippen molar-refractivity contribution in [3.63, 3.8) is 0 Å². The predicted molar refractivity (Wildman–Crippen MR) is 86.9 cm³/mol. The highest BCUT2D eigenvalue weighted by Gasteiger charge is 2.25. The van der Waals surface area contributed by atoms with E-state index in [2.05, 4.69) is 15.5 Å². The van der Waals surface area contributed by atoms with E-state index in [0.717, 1.165) is 5.56 Å². The highest BCUT2D eigenvalue weighted by Crippen LogP contribution is 2.28. The Bertz CT molecular complexity index is 620. The van der Waals surface area contributed by atoms with Crippen LogP contribution in [-0.2, 0) is 16.6 Å². The summed E-state index contributed by atoms with van der Waals surface area (Å²) in [4.78, 5) is 12.1. The molecule has 0 aliphatic carbocycles. The number of hydrogen-bond donors (Lipinski definition) is 1. The molecular formula is C16H21N3O2S. The third-order valence-electron chi connectivity index (χ3n) is 3.09. The van der Waals surface area contributed by atoms with E-state index in [1.807, 2.05) is 51.1 Å². The molecule has 6 heteroatoms. The molecule has 1 aromatic heterocycles. The second-order valence-electron chi connectivity index (χ2n) is 6.03. The first-order chi connectivity index (χ1) is 10.4. The smallest absolute Gasteiger partial charge is 0.277 e. The Balaban J connectivity index is 2.13. The highest BCUT2D eigenvalue weighted by atomic mass is 32.2. The summed E-state index contributed by atoms with van der Waals surface area (Å²) >= 11 is 1.30. The second kappa shape index (κ2) is 6.96. The lowest BCUT2D eigenvalue weighted by Crippen LogP contribution is -2.31. The van der Waals surface area contributed by atoms with Gasteiger partial charge in [-0.2, -0.15) is 0 Å². The molecule has 5 nitrogen and oxygen atoms in total. The second-order valence-corrected chi connectivity index (χ2v) is 7.19. The molecule has 0 radical (unpaired) electrons. The van der Waals surface area contributed by atoms with E-state index in [0.29, 0.717) is 17.5 Å². The van der Waals surface area contributed by atoms with Crippen LogP contribution in [0.4, 0.5) is 0 Å². The molecule has 0 aliphatic rings. The number of nitrogens with zero attached hydrogens (tertiary/aromatic N) is 2. The zero-order valence-corrected chi connectivity index (χ0v) is 14.1. The van der Waals surface area contributed by atoms with E-state index in [1.165, 1.54) is 11.8 Å². The first-order valence-electron chi connectivity index (χ1n) is 7.16. The Labute approximate surface area is 134 Å². The highest BCUT2D eigenvalue weighted by molar-refractivity contribution is 8.00. The van der Waals surface area contributed by atoms with E-state index >= 15 is 0 Å². The van der Waals surface area contributed by atoms with Crippen LogP contribution in [0.1, 0.15) is 32.2 Å². The van der Waals surface area contributed by atoms with Gasteiger partial charge in [0.25, 0.3) is 5.22 Å². The summed E-state index contributed by atoms with van der Waals surface area (Å²) in [5.41, 5.74) is 0.896. The number of rotatable bonds is 5. The maximum absolute atomic E-state index is 12.1. The van der Waals surface area contributed by atoms with Crippen molar-refractivity contribution in [2.24, 2.45) is 0 Å². The maximum atomic E-state index is 12.1. The fourth-order valence-electron chi connectivity index (χ4n) is 1.86. The molecule has 2 aromatic rings. The van der Waals surface area contributed by atoms with Gasteiger partial charge in [0.2, 0.25) is 11.8 Å². The van der Waals surface area contributed by atoms with Crippen LogP contribution in [-0.4, -0.2) is 28.4 Å². The number of carbonyl (C=O) groups is 1. The van der Waals surface area contributed by atoms with Crippen molar-refractivity contribution < 1.29 is 9.21 Å². The number of aromatic nitrogens is 2. The van der Waals surface area contributed by atoms with E-state index in [-0.39, 0.29) is 16.6 Å². The molecule has 0 aliphatic heterocycles. The van der Waals surface area contributed by atoms with Crippen LogP contribution in [0.25, 0.3) is 0 Å². The Morgan fingerprint density at radius 3 is 2.50 bits per heavy atom. The summed E-state index contributed by atoms with van der Waals surface area (Å²) in [5.74, 6) is 0.523. The summed E-state index contributed by atoms with van der Waals surface area (Å²) in [6, 6.07) is 9.89. The molecule has 1 heterocycles. The van der Waals surface area contributed by atoms with Gasteiger partial charge in [-0.25, -0.2) is 0 Å². The average Bonchev–Trinajstić information content (AvgIpc) is 2.95. The molecule has 0 saturated carbocycles. The predicted octanol–water partition coefficient (Wildman–Crippen LogP) is 2.82. The largest absolute Gasteiger partial charge is 0.415 e. The third kappa shape index (κ3) is 4.34. The maximum Gasteiger partial charge on any atom is 0.277 e. The minimum atomic E-state index is -0.305. The van der Waals surface area contributed by atoms with Gasteiger partial charge < -0.3 is 9.73 Å². The first-order valence-corrected chi connectivity index (χ1v) is 8.04. The van der Waals surface area contributed by atoms with Gasteiger partial charge in [-0.15, -0.1) is 10.2 Å². The van der Waals surface area contributed by atoms with Gasteiger partial charge in [0.05, 0.1) is 5.25 Å². The fourth-order valence-corrected chi connectivity index (χ4v) is 2.82. The van der Waals surface area contributed by atoms with E-state index < -0.39 is 0 Å². The summed E-state index contributed by atoms with van der Waals surface area (Å²) in [6.45, 7) is 6.03.